The van der Waals surface area contributed by atoms with Crippen LogP contribution in [-0.4, -0.2) is 35.7 Å². The zero-order valence-electron chi connectivity index (χ0n) is 13.8. The van der Waals surface area contributed by atoms with Crippen LogP contribution in [0.5, 0.6) is 0 Å². The molecule has 0 fully saturated rings. The van der Waals surface area contributed by atoms with E-state index in [1.165, 1.54) is 29.2 Å². The maximum Gasteiger partial charge on any atom is 0.270 e. The van der Waals surface area contributed by atoms with E-state index in [0.717, 1.165) is 0 Å². The Kier molecular flexibility index (Phi) is 5.62. The van der Waals surface area contributed by atoms with Gasteiger partial charge in [0.1, 0.15) is 0 Å². The molecular weight excluding hydrogens is 322 g/mol. The first-order chi connectivity index (χ1) is 11.9. The minimum atomic E-state index is -0.492. The SMILES string of the molecule is CN(C)C(=O)c1ccc(NC(=O)/C=C/c2cccc([N+](=O)[O-])c2)cc1. The number of anilines is 1. The third kappa shape index (κ3) is 5.00. The van der Waals surface area contributed by atoms with Gasteiger partial charge in [-0.25, -0.2) is 0 Å². The van der Waals surface area contributed by atoms with Crippen molar-refractivity contribution in [1.82, 2.24) is 4.90 Å². The average Bonchev–Trinajstić information content (AvgIpc) is 2.60. The second-order valence-corrected chi connectivity index (χ2v) is 5.45. The van der Waals surface area contributed by atoms with E-state index in [1.807, 2.05) is 0 Å². The number of hydrogen-bond acceptors (Lipinski definition) is 4. The summed E-state index contributed by atoms with van der Waals surface area (Å²) in [5, 5.41) is 13.4. The summed E-state index contributed by atoms with van der Waals surface area (Å²) in [7, 11) is 3.33. The zero-order valence-corrected chi connectivity index (χ0v) is 13.8. The number of nitrogens with zero attached hydrogens (tertiary/aromatic N) is 2. The molecule has 0 unspecified atom stereocenters. The van der Waals surface area contributed by atoms with E-state index < -0.39 is 4.92 Å². The van der Waals surface area contributed by atoms with Gasteiger partial charge in [-0.15, -0.1) is 0 Å². The lowest BCUT2D eigenvalue weighted by atomic mass is 10.1. The van der Waals surface area contributed by atoms with Crippen molar-refractivity contribution in [2.75, 3.05) is 19.4 Å². The van der Waals surface area contributed by atoms with Crippen LogP contribution in [0.15, 0.2) is 54.6 Å². The number of benzene rings is 2. The van der Waals surface area contributed by atoms with Gasteiger partial charge in [-0.2, -0.15) is 0 Å². The molecule has 0 saturated carbocycles. The van der Waals surface area contributed by atoms with Crippen LogP contribution in [0, 0.1) is 10.1 Å². The lowest BCUT2D eigenvalue weighted by molar-refractivity contribution is -0.384. The van der Waals surface area contributed by atoms with Crippen LogP contribution < -0.4 is 5.32 Å². The zero-order chi connectivity index (χ0) is 18.4. The molecule has 7 heteroatoms. The quantitative estimate of drug-likeness (QED) is 0.515. The second kappa shape index (κ2) is 7.87. The number of hydrogen-bond donors (Lipinski definition) is 1. The van der Waals surface area contributed by atoms with E-state index in [2.05, 4.69) is 5.32 Å². The molecule has 0 atom stereocenters. The summed E-state index contributed by atoms with van der Waals surface area (Å²) in [6.07, 6.45) is 2.78. The monoisotopic (exact) mass is 339 g/mol. The number of carbonyl (C=O) groups is 2. The highest BCUT2D eigenvalue weighted by atomic mass is 16.6. The van der Waals surface area contributed by atoms with Crippen LogP contribution in [0.3, 0.4) is 0 Å². The summed E-state index contributed by atoms with van der Waals surface area (Å²) in [4.78, 5) is 35.4. The maximum atomic E-state index is 11.9. The van der Waals surface area contributed by atoms with Crippen LogP contribution in [0.4, 0.5) is 11.4 Å². The van der Waals surface area contributed by atoms with E-state index in [4.69, 9.17) is 0 Å². The Hall–Kier alpha value is -3.48. The summed E-state index contributed by atoms with van der Waals surface area (Å²) in [5.74, 6) is -0.498. The molecular formula is C18H17N3O4. The van der Waals surface area contributed by atoms with Crippen LogP contribution >= 0.6 is 0 Å². The molecule has 2 rings (SSSR count). The van der Waals surface area contributed by atoms with E-state index in [-0.39, 0.29) is 17.5 Å². The highest BCUT2D eigenvalue weighted by molar-refractivity contribution is 6.02. The van der Waals surface area contributed by atoms with Gasteiger partial charge in [0.25, 0.3) is 11.6 Å². The molecule has 0 aliphatic carbocycles. The fraction of sp³-hybridized carbons (Fsp3) is 0.111. The van der Waals surface area contributed by atoms with Crippen LogP contribution in [0.1, 0.15) is 15.9 Å². The summed E-state index contributed by atoms with van der Waals surface area (Å²) >= 11 is 0. The number of carbonyl (C=O) groups excluding carboxylic acids is 2. The number of amides is 2. The number of nitro groups is 1. The third-order valence-electron chi connectivity index (χ3n) is 3.31. The van der Waals surface area contributed by atoms with Gasteiger partial charge in [-0.3, -0.25) is 19.7 Å². The first kappa shape index (κ1) is 17.9. The number of nitrogens with one attached hydrogen (secondary N) is 1. The minimum absolute atomic E-state index is 0.0382. The van der Waals surface area contributed by atoms with E-state index >= 15 is 0 Å². The van der Waals surface area contributed by atoms with Crippen molar-refractivity contribution in [2.24, 2.45) is 0 Å². The second-order valence-electron chi connectivity index (χ2n) is 5.45. The lowest BCUT2D eigenvalue weighted by Crippen LogP contribution is -2.21. The topological polar surface area (TPSA) is 92.6 Å². The largest absolute Gasteiger partial charge is 0.345 e. The Morgan fingerprint density at radius 1 is 1.12 bits per heavy atom. The smallest absolute Gasteiger partial charge is 0.270 e. The molecule has 25 heavy (non-hydrogen) atoms. The molecule has 2 aromatic rings. The average molecular weight is 339 g/mol. The molecule has 2 aromatic carbocycles. The van der Waals surface area contributed by atoms with E-state index in [9.17, 15) is 19.7 Å². The lowest BCUT2D eigenvalue weighted by Gasteiger charge is -2.10. The van der Waals surface area contributed by atoms with Crippen LogP contribution in [-0.2, 0) is 4.79 Å². The van der Waals surface area contributed by atoms with Gasteiger partial charge in [0.05, 0.1) is 4.92 Å². The molecule has 0 radical (unpaired) electrons. The normalized spacial score (nSPS) is 10.5. The molecule has 128 valence electrons. The van der Waals surface area contributed by atoms with Gasteiger partial charge in [0.15, 0.2) is 0 Å². The first-order valence-electron chi connectivity index (χ1n) is 7.42. The van der Waals surface area contributed by atoms with Crippen molar-refractivity contribution in [3.8, 4) is 0 Å². The Morgan fingerprint density at radius 2 is 1.80 bits per heavy atom. The predicted molar refractivity (Wildman–Crippen MR) is 95.2 cm³/mol. The van der Waals surface area contributed by atoms with E-state index in [1.54, 1.807) is 50.5 Å². The van der Waals surface area contributed by atoms with Gasteiger partial charge in [-0.05, 0) is 35.9 Å². The number of nitro benzene ring substituents is 1. The maximum absolute atomic E-state index is 11.9. The van der Waals surface area contributed by atoms with E-state index in [0.29, 0.717) is 16.8 Å². The van der Waals surface area contributed by atoms with Crippen molar-refractivity contribution >= 4 is 29.3 Å². The minimum Gasteiger partial charge on any atom is -0.345 e. The number of non-ortho nitro benzene ring substituents is 1. The molecule has 0 aliphatic rings. The van der Waals surface area contributed by atoms with Crippen molar-refractivity contribution in [2.45, 2.75) is 0 Å². The molecule has 2 amide bonds. The van der Waals surface area contributed by atoms with Gasteiger partial charge in [0, 0.05) is 43.6 Å². The summed E-state index contributed by atoms with van der Waals surface area (Å²) < 4.78 is 0. The molecule has 0 spiro atoms. The highest BCUT2D eigenvalue weighted by Crippen LogP contribution is 2.15. The Labute approximate surface area is 144 Å². The third-order valence-corrected chi connectivity index (χ3v) is 3.31. The van der Waals surface area contributed by atoms with Gasteiger partial charge in [0.2, 0.25) is 5.91 Å². The molecule has 7 nitrogen and oxygen atoms in total. The fourth-order valence-corrected chi connectivity index (χ4v) is 2.05. The molecule has 0 aromatic heterocycles. The van der Waals surface area contributed by atoms with Gasteiger partial charge >= 0.3 is 0 Å². The van der Waals surface area contributed by atoms with Crippen LogP contribution in [0.25, 0.3) is 6.08 Å². The number of rotatable bonds is 5. The molecule has 1 N–H and O–H groups in total. The van der Waals surface area contributed by atoms with Gasteiger partial charge < -0.3 is 10.2 Å². The van der Waals surface area contributed by atoms with Gasteiger partial charge in [-0.1, -0.05) is 12.1 Å². The molecule has 0 bridgehead atoms. The molecule has 0 heterocycles. The molecule has 0 saturated heterocycles. The highest BCUT2D eigenvalue weighted by Gasteiger charge is 2.08. The van der Waals surface area contributed by atoms with Crippen molar-refractivity contribution in [3.63, 3.8) is 0 Å². The summed E-state index contributed by atoms with van der Waals surface area (Å²) in [6.45, 7) is 0. The Bertz CT molecular complexity index is 826. The van der Waals surface area contributed by atoms with Crippen molar-refractivity contribution in [3.05, 3.63) is 75.8 Å². The Morgan fingerprint density at radius 3 is 2.40 bits per heavy atom. The Balaban J connectivity index is 2.01. The standard InChI is InChI=1S/C18H17N3O4/c1-20(2)18(23)14-7-9-15(10-8-14)19-17(22)11-6-13-4-3-5-16(12-13)21(24)25/h3-12H,1-2H3,(H,19,22)/b11-6+. The summed E-state index contributed by atoms with van der Waals surface area (Å²) in [5.41, 5.74) is 1.58. The first-order valence-corrected chi connectivity index (χ1v) is 7.42. The van der Waals surface area contributed by atoms with Crippen molar-refractivity contribution in [1.29, 1.82) is 0 Å². The summed E-state index contributed by atoms with van der Waals surface area (Å²) in [6, 6.07) is 12.5. The van der Waals surface area contributed by atoms with Crippen LogP contribution in [0.2, 0.25) is 0 Å². The van der Waals surface area contributed by atoms with Crippen molar-refractivity contribution < 1.29 is 14.5 Å². The fourth-order valence-electron chi connectivity index (χ4n) is 2.05. The predicted octanol–water partition coefficient (Wildman–Crippen LogP) is 2.95. The molecule has 0 aliphatic heterocycles.